The van der Waals surface area contributed by atoms with Crippen LogP contribution < -0.4 is 0 Å². The Morgan fingerprint density at radius 2 is 2.10 bits per heavy atom. The van der Waals surface area contributed by atoms with Crippen LogP contribution in [0, 0.1) is 9.39 Å². The van der Waals surface area contributed by atoms with Crippen molar-refractivity contribution in [3.8, 4) is 0 Å². The van der Waals surface area contributed by atoms with Crippen molar-refractivity contribution in [1.82, 2.24) is 0 Å². The molecular formula is C6H3ClFIS. The summed E-state index contributed by atoms with van der Waals surface area (Å²) in [6, 6.07) is 3.23. The largest absolute Gasteiger partial charge is 0.204 e. The van der Waals surface area contributed by atoms with E-state index in [4.69, 9.17) is 11.6 Å². The maximum Gasteiger partial charge on any atom is 0.156 e. The smallest absolute Gasteiger partial charge is 0.156 e. The van der Waals surface area contributed by atoms with Crippen LogP contribution in [0.2, 0.25) is 5.02 Å². The van der Waals surface area contributed by atoms with Crippen LogP contribution in [-0.2, 0) is 0 Å². The number of hydrogen-bond donors (Lipinski definition) is 1. The fourth-order valence-electron chi connectivity index (χ4n) is 0.516. The Labute approximate surface area is 82.3 Å². The minimum Gasteiger partial charge on any atom is -0.204 e. The van der Waals surface area contributed by atoms with Crippen molar-refractivity contribution in [3.63, 3.8) is 0 Å². The van der Waals surface area contributed by atoms with Crippen LogP contribution in [0.3, 0.4) is 0 Å². The summed E-state index contributed by atoms with van der Waals surface area (Å²) < 4.78 is 13.5. The van der Waals surface area contributed by atoms with E-state index in [-0.39, 0.29) is 5.02 Å². The molecule has 4 heteroatoms. The van der Waals surface area contributed by atoms with Crippen molar-refractivity contribution in [1.29, 1.82) is 0 Å². The molecule has 10 heavy (non-hydrogen) atoms. The average molecular weight is 289 g/mol. The molecule has 0 N–H and O–H groups in total. The van der Waals surface area contributed by atoms with E-state index in [1.165, 1.54) is 6.07 Å². The van der Waals surface area contributed by atoms with Gasteiger partial charge < -0.3 is 0 Å². The van der Waals surface area contributed by atoms with E-state index in [1.54, 1.807) is 6.07 Å². The topological polar surface area (TPSA) is 0 Å². The van der Waals surface area contributed by atoms with Gasteiger partial charge in [0.05, 0.1) is 9.92 Å². The summed E-state index contributed by atoms with van der Waals surface area (Å²) in [4.78, 5) is 0.313. The van der Waals surface area contributed by atoms with Crippen LogP contribution in [-0.4, -0.2) is 0 Å². The number of benzene rings is 1. The Balaban J connectivity index is 3.34. The molecule has 0 radical (unpaired) electrons. The first-order chi connectivity index (χ1) is 4.63. The lowest BCUT2D eigenvalue weighted by Crippen LogP contribution is -1.82. The molecule has 0 aliphatic rings. The Bertz CT molecular complexity index is 237. The van der Waals surface area contributed by atoms with E-state index < -0.39 is 5.82 Å². The first-order valence-electron chi connectivity index (χ1n) is 2.45. The Morgan fingerprint density at radius 3 is 2.60 bits per heavy atom. The van der Waals surface area contributed by atoms with Gasteiger partial charge in [-0.1, -0.05) is 11.6 Å². The van der Waals surface area contributed by atoms with E-state index >= 15 is 0 Å². The lowest BCUT2D eigenvalue weighted by Gasteiger charge is -1.98. The van der Waals surface area contributed by atoms with Crippen molar-refractivity contribution in [2.45, 2.75) is 4.90 Å². The number of thiol groups is 1. The van der Waals surface area contributed by atoms with Gasteiger partial charge >= 0.3 is 0 Å². The summed E-state index contributed by atoms with van der Waals surface area (Å²) in [6.45, 7) is 0. The van der Waals surface area contributed by atoms with Crippen LogP contribution in [0.5, 0.6) is 0 Å². The third kappa shape index (κ3) is 1.57. The molecule has 0 nitrogen and oxygen atoms in total. The molecule has 0 amide bonds. The maximum atomic E-state index is 12.8. The zero-order chi connectivity index (χ0) is 7.72. The van der Waals surface area contributed by atoms with E-state index in [0.717, 1.165) is 3.57 Å². The summed E-state index contributed by atoms with van der Waals surface area (Å²) >= 11 is 11.4. The summed E-state index contributed by atoms with van der Waals surface area (Å²) in [5.74, 6) is -0.447. The van der Waals surface area contributed by atoms with E-state index in [1.807, 2.05) is 22.6 Å². The highest BCUT2D eigenvalue weighted by Gasteiger charge is 2.05. The van der Waals surface area contributed by atoms with Crippen LogP contribution >= 0.6 is 46.8 Å². The summed E-state index contributed by atoms with van der Waals surface area (Å²) in [5, 5.41) is 0.116. The van der Waals surface area contributed by atoms with Crippen LogP contribution in [0.15, 0.2) is 17.0 Å². The maximum absolute atomic E-state index is 12.8. The molecule has 0 aliphatic heterocycles. The minimum absolute atomic E-state index is 0.116. The summed E-state index contributed by atoms with van der Waals surface area (Å²) in [7, 11) is 0. The van der Waals surface area contributed by atoms with Gasteiger partial charge in [-0.05, 0) is 34.7 Å². The van der Waals surface area contributed by atoms with Gasteiger partial charge in [0.2, 0.25) is 0 Å². The highest BCUT2D eigenvalue weighted by atomic mass is 127. The molecule has 1 rings (SSSR count). The second kappa shape index (κ2) is 3.28. The Morgan fingerprint density at radius 1 is 1.50 bits per heavy atom. The quantitative estimate of drug-likeness (QED) is 0.422. The molecule has 54 valence electrons. The van der Waals surface area contributed by atoms with E-state index in [9.17, 15) is 4.39 Å². The van der Waals surface area contributed by atoms with E-state index in [0.29, 0.717) is 4.90 Å². The molecule has 0 bridgehead atoms. The van der Waals surface area contributed by atoms with Crippen LogP contribution in [0.4, 0.5) is 4.39 Å². The molecule has 0 saturated heterocycles. The monoisotopic (exact) mass is 288 g/mol. The molecule has 0 atom stereocenters. The zero-order valence-electron chi connectivity index (χ0n) is 4.74. The van der Waals surface area contributed by atoms with Gasteiger partial charge in [-0.2, -0.15) is 0 Å². The van der Waals surface area contributed by atoms with Crippen molar-refractivity contribution < 1.29 is 4.39 Å². The molecule has 0 saturated carbocycles. The molecule has 0 fully saturated rings. The second-order valence-corrected chi connectivity index (χ2v) is 3.71. The minimum atomic E-state index is -0.447. The van der Waals surface area contributed by atoms with Gasteiger partial charge in [0, 0.05) is 3.57 Å². The zero-order valence-corrected chi connectivity index (χ0v) is 8.54. The molecule has 0 spiro atoms. The molecule has 0 aliphatic carbocycles. The van der Waals surface area contributed by atoms with E-state index in [2.05, 4.69) is 12.6 Å². The first-order valence-corrected chi connectivity index (χ1v) is 4.36. The summed E-state index contributed by atoms with van der Waals surface area (Å²) in [5.41, 5.74) is 0. The number of hydrogen-bond acceptors (Lipinski definition) is 1. The molecule has 0 aromatic heterocycles. The van der Waals surface area contributed by atoms with Gasteiger partial charge in [-0.15, -0.1) is 12.6 Å². The van der Waals surface area contributed by atoms with Crippen LogP contribution in [0.1, 0.15) is 0 Å². The fourth-order valence-corrected chi connectivity index (χ4v) is 1.35. The predicted molar refractivity (Wildman–Crippen MR) is 51.4 cm³/mol. The van der Waals surface area contributed by atoms with Crippen molar-refractivity contribution in [3.05, 3.63) is 26.5 Å². The van der Waals surface area contributed by atoms with Crippen molar-refractivity contribution in [2.24, 2.45) is 0 Å². The molecular weight excluding hydrogens is 285 g/mol. The van der Waals surface area contributed by atoms with Gasteiger partial charge in [0.15, 0.2) is 5.82 Å². The van der Waals surface area contributed by atoms with Gasteiger partial charge in [0.1, 0.15) is 0 Å². The lowest BCUT2D eigenvalue weighted by atomic mass is 10.3. The second-order valence-electron chi connectivity index (χ2n) is 1.69. The van der Waals surface area contributed by atoms with Crippen LogP contribution in [0.25, 0.3) is 0 Å². The molecule has 1 aromatic carbocycles. The SMILES string of the molecule is Fc1c(Cl)ccc(I)c1S. The Kier molecular flexibility index (Phi) is 2.82. The lowest BCUT2D eigenvalue weighted by molar-refractivity contribution is 0.601. The molecule has 1 aromatic rings. The third-order valence-corrected chi connectivity index (χ3v) is 3.07. The summed E-state index contributed by atoms with van der Waals surface area (Å²) in [6.07, 6.45) is 0. The fraction of sp³-hybridized carbons (Fsp3) is 0. The third-order valence-electron chi connectivity index (χ3n) is 1.02. The Hall–Kier alpha value is 0.520. The highest BCUT2D eigenvalue weighted by molar-refractivity contribution is 14.1. The number of halogens is 3. The van der Waals surface area contributed by atoms with Gasteiger partial charge in [0.25, 0.3) is 0 Å². The predicted octanol–water partition coefficient (Wildman–Crippen LogP) is 3.37. The first kappa shape index (κ1) is 8.62. The highest BCUT2D eigenvalue weighted by Crippen LogP contribution is 2.25. The van der Waals surface area contributed by atoms with Gasteiger partial charge in [-0.25, -0.2) is 4.39 Å². The molecule has 0 unspecified atom stereocenters. The average Bonchev–Trinajstić information content (AvgIpc) is 1.93. The standard InChI is InChI=1S/C6H3ClFIS/c7-3-1-2-4(9)6(10)5(3)8/h1-2,10H. The van der Waals surface area contributed by atoms with Gasteiger partial charge in [-0.3, -0.25) is 0 Å². The normalized spacial score (nSPS) is 10.0. The van der Waals surface area contributed by atoms with Crippen molar-refractivity contribution >= 4 is 46.8 Å². The molecule has 0 heterocycles. The number of rotatable bonds is 0. The van der Waals surface area contributed by atoms with Crippen molar-refractivity contribution in [2.75, 3.05) is 0 Å².